The Hall–Kier alpha value is -1.38. The average Bonchev–Trinajstić information content (AvgIpc) is 2.32. The molecule has 94 valence electrons. The van der Waals surface area contributed by atoms with Crippen LogP contribution in [0.4, 0.5) is 4.39 Å². The van der Waals surface area contributed by atoms with E-state index in [1.165, 1.54) is 11.6 Å². The third-order valence-corrected chi connectivity index (χ3v) is 3.42. The van der Waals surface area contributed by atoms with Crippen LogP contribution in [-0.2, 0) is 0 Å². The van der Waals surface area contributed by atoms with Gasteiger partial charge < -0.3 is 5.73 Å². The summed E-state index contributed by atoms with van der Waals surface area (Å²) in [4.78, 5) is 0. The molecule has 0 saturated heterocycles. The number of nitrogens with two attached hydrogens (primary N) is 1. The van der Waals surface area contributed by atoms with Gasteiger partial charge in [-0.15, -0.1) is 0 Å². The predicted molar refractivity (Wildman–Crippen MR) is 73.4 cm³/mol. The first-order valence-corrected chi connectivity index (χ1v) is 6.14. The molecule has 1 atom stereocenters. The van der Waals surface area contributed by atoms with Gasteiger partial charge in [0.2, 0.25) is 0 Å². The molecule has 2 N–H and O–H groups in total. The lowest BCUT2D eigenvalue weighted by Crippen LogP contribution is -2.13. The van der Waals surface area contributed by atoms with E-state index >= 15 is 0 Å². The van der Waals surface area contributed by atoms with E-state index in [2.05, 4.69) is 0 Å². The van der Waals surface area contributed by atoms with Crippen LogP contribution in [-0.4, -0.2) is 0 Å². The lowest BCUT2D eigenvalue weighted by Gasteiger charge is -2.15. The zero-order valence-corrected chi connectivity index (χ0v) is 11.1. The highest BCUT2D eigenvalue weighted by Gasteiger charge is 2.14. The molecule has 0 bridgehead atoms. The lowest BCUT2D eigenvalue weighted by atomic mass is 9.96. The summed E-state index contributed by atoms with van der Waals surface area (Å²) in [7, 11) is 0. The molecule has 0 spiro atoms. The van der Waals surface area contributed by atoms with E-state index in [1.54, 1.807) is 12.1 Å². The molecule has 2 aromatic carbocycles. The molecule has 0 aliphatic heterocycles. The fourth-order valence-corrected chi connectivity index (χ4v) is 2.05. The molecule has 0 saturated carbocycles. The van der Waals surface area contributed by atoms with Crippen molar-refractivity contribution in [2.75, 3.05) is 0 Å². The molecule has 0 radical (unpaired) electrons. The van der Waals surface area contributed by atoms with Crippen LogP contribution < -0.4 is 5.73 Å². The Bertz CT molecular complexity index is 581. The number of aryl methyl sites for hydroxylation is 2. The Morgan fingerprint density at radius 3 is 2.39 bits per heavy atom. The first-order chi connectivity index (χ1) is 8.49. The van der Waals surface area contributed by atoms with E-state index < -0.39 is 6.04 Å². The fourth-order valence-electron chi connectivity index (χ4n) is 1.89. The number of hydrogen-bond acceptors (Lipinski definition) is 1. The second-order valence-corrected chi connectivity index (χ2v) is 4.92. The molecule has 0 aromatic heterocycles. The number of rotatable bonds is 2. The van der Waals surface area contributed by atoms with Gasteiger partial charge in [-0.05, 0) is 42.7 Å². The summed E-state index contributed by atoms with van der Waals surface area (Å²) in [6.07, 6.45) is 0. The van der Waals surface area contributed by atoms with E-state index in [-0.39, 0.29) is 5.82 Å². The summed E-state index contributed by atoms with van der Waals surface area (Å²) in [5, 5.41) is 0.378. The van der Waals surface area contributed by atoms with Crippen LogP contribution >= 0.6 is 11.6 Å². The first-order valence-electron chi connectivity index (χ1n) is 5.76. The van der Waals surface area contributed by atoms with Gasteiger partial charge in [0.1, 0.15) is 5.82 Å². The maximum atomic E-state index is 13.8. The Kier molecular flexibility index (Phi) is 3.69. The van der Waals surface area contributed by atoms with Crippen LogP contribution in [0.1, 0.15) is 28.3 Å². The van der Waals surface area contributed by atoms with Gasteiger partial charge in [0.15, 0.2) is 0 Å². The third kappa shape index (κ3) is 2.55. The van der Waals surface area contributed by atoms with Crippen molar-refractivity contribution in [3.8, 4) is 0 Å². The molecule has 0 amide bonds. The third-order valence-electron chi connectivity index (χ3n) is 3.19. The van der Waals surface area contributed by atoms with Gasteiger partial charge in [0, 0.05) is 10.6 Å². The Morgan fingerprint density at radius 2 is 1.78 bits per heavy atom. The largest absolute Gasteiger partial charge is 0.320 e. The normalized spacial score (nSPS) is 12.5. The highest BCUT2D eigenvalue weighted by atomic mass is 35.5. The number of hydrogen-bond donors (Lipinski definition) is 1. The van der Waals surface area contributed by atoms with Crippen molar-refractivity contribution >= 4 is 11.6 Å². The minimum Gasteiger partial charge on any atom is -0.320 e. The van der Waals surface area contributed by atoms with Crippen molar-refractivity contribution in [2.45, 2.75) is 19.9 Å². The van der Waals surface area contributed by atoms with Gasteiger partial charge in [0.05, 0.1) is 6.04 Å². The van der Waals surface area contributed by atoms with E-state index in [0.717, 1.165) is 11.1 Å². The van der Waals surface area contributed by atoms with E-state index in [0.29, 0.717) is 10.6 Å². The van der Waals surface area contributed by atoms with Crippen LogP contribution in [0, 0.1) is 19.7 Å². The monoisotopic (exact) mass is 263 g/mol. The van der Waals surface area contributed by atoms with Crippen molar-refractivity contribution in [3.63, 3.8) is 0 Å². The quantitative estimate of drug-likeness (QED) is 0.866. The summed E-state index contributed by atoms with van der Waals surface area (Å²) < 4.78 is 13.8. The van der Waals surface area contributed by atoms with Crippen molar-refractivity contribution in [2.24, 2.45) is 5.73 Å². The molecule has 0 fully saturated rings. The van der Waals surface area contributed by atoms with E-state index in [9.17, 15) is 4.39 Å². The molecule has 2 rings (SSSR count). The Labute approximate surface area is 111 Å². The van der Waals surface area contributed by atoms with Gasteiger partial charge in [-0.25, -0.2) is 4.39 Å². The smallest absolute Gasteiger partial charge is 0.129 e. The molecule has 0 heterocycles. The zero-order valence-electron chi connectivity index (χ0n) is 10.4. The molecular formula is C15H15ClFN. The SMILES string of the molecule is Cc1ccc(C(N)c2ccc(Cl)cc2F)cc1C. The van der Waals surface area contributed by atoms with E-state index in [1.807, 2.05) is 32.0 Å². The summed E-state index contributed by atoms with van der Waals surface area (Å²) in [6, 6.07) is 10.0. The van der Waals surface area contributed by atoms with Crippen LogP contribution in [0.15, 0.2) is 36.4 Å². The van der Waals surface area contributed by atoms with E-state index in [4.69, 9.17) is 17.3 Å². The average molecular weight is 264 g/mol. The lowest BCUT2D eigenvalue weighted by molar-refractivity contribution is 0.599. The van der Waals surface area contributed by atoms with Crippen LogP contribution in [0.3, 0.4) is 0 Å². The second-order valence-electron chi connectivity index (χ2n) is 4.49. The van der Waals surface area contributed by atoms with Crippen LogP contribution in [0.5, 0.6) is 0 Å². The summed E-state index contributed by atoms with van der Waals surface area (Å²) in [5.41, 5.74) is 9.81. The van der Waals surface area contributed by atoms with Gasteiger partial charge in [-0.3, -0.25) is 0 Å². The van der Waals surface area contributed by atoms with Gasteiger partial charge in [-0.1, -0.05) is 35.9 Å². The molecule has 0 aliphatic carbocycles. The fraction of sp³-hybridized carbons (Fsp3) is 0.200. The van der Waals surface area contributed by atoms with Crippen LogP contribution in [0.2, 0.25) is 5.02 Å². The molecule has 18 heavy (non-hydrogen) atoms. The summed E-state index contributed by atoms with van der Waals surface area (Å²) in [6.45, 7) is 4.05. The molecule has 3 heteroatoms. The van der Waals surface area contributed by atoms with Crippen molar-refractivity contribution < 1.29 is 4.39 Å². The first kappa shape index (κ1) is 13.1. The molecular weight excluding hydrogens is 249 g/mol. The number of halogens is 2. The molecule has 1 nitrogen and oxygen atoms in total. The minimum atomic E-state index is -0.471. The van der Waals surface area contributed by atoms with Gasteiger partial charge in [0.25, 0.3) is 0 Å². The maximum Gasteiger partial charge on any atom is 0.129 e. The maximum absolute atomic E-state index is 13.8. The molecule has 2 aromatic rings. The topological polar surface area (TPSA) is 26.0 Å². The highest BCUT2D eigenvalue weighted by molar-refractivity contribution is 6.30. The molecule has 0 aliphatic rings. The highest BCUT2D eigenvalue weighted by Crippen LogP contribution is 2.25. The Morgan fingerprint density at radius 1 is 1.06 bits per heavy atom. The minimum absolute atomic E-state index is 0.367. The second kappa shape index (κ2) is 5.09. The Balaban J connectivity index is 2.41. The standard InChI is InChI=1S/C15H15ClFN/c1-9-3-4-11(7-10(9)2)15(18)13-6-5-12(16)8-14(13)17/h3-8,15H,18H2,1-2H3. The van der Waals surface area contributed by atoms with Crippen molar-refractivity contribution in [3.05, 3.63) is 69.5 Å². The van der Waals surface area contributed by atoms with Gasteiger partial charge >= 0.3 is 0 Å². The van der Waals surface area contributed by atoms with Crippen LogP contribution in [0.25, 0.3) is 0 Å². The van der Waals surface area contributed by atoms with Gasteiger partial charge in [-0.2, -0.15) is 0 Å². The number of benzene rings is 2. The molecule has 1 unspecified atom stereocenters. The van der Waals surface area contributed by atoms with Crippen molar-refractivity contribution in [1.29, 1.82) is 0 Å². The summed E-state index contributed by atoms with van der Waals surface area (Å²) >= 11 is 5.73. The summed E-state index contributed by atoms with van der Waals surface area (Å²) in [5.74, 6) is -0.367. The zero-order chi connectivity index (χ0) is 13.3. The predicted octanol–water partition coefficient (Wildman–Crippen LogP) is 4.14. The van der Waals surface area contributed by atoms with Crippen molar-refractivity contribution in [1.82, 2.24) is 0 Å².